The molecule has 0 saturated carbocycles. The van der Waals surface area contributed by atoms with Crippen LogP contribution in [0.4, 0.5) is 5.69 Å². The van der Waals surface area contributed by atoms with E-state index in [0.717, 1.165) is 16.8 Å². The smallest absolute Gasteiger partial charge is 0.102 e. The number of nitrogens with one attached hydrogen (secondary N) is 1. The van der Waals surface area contributed by atoms with Crippen molar-refractivity contribution in [2.45, 2.75) is 33.7 Å². The molecule has 3 heteroatoms. The number of nitriles is 1. The molecule has 0 bridgehead atoms. The van der Waals surface area contributed by atoms with Crippen LogP contribution in [0.3, 0.4) is 0 Å². The highest BCUT2D eigenvalue weighted by atomic mass is 32.1. The molecule has 1 unspecified atom stereocenters. The zero-order chi connectivity index (χ0) is 14.0. The molecular formula is C16H18N2S. The lowest BCUT2D eigenvalue weighted by Crippen LogP contribution is -2.08. The Kier molecular flexibility index (Phi) is 3.92. The Morgan fingerprint density at radius 3 is 2.58 bits per heavy atom. The van der Waals surface area contributed by atoms with Gasteiger partial charge in [0, 0.05) is 15.8 Å². The van der Waals surface area contributed by atoms with E-state index in [9.17, 15) is 5.26 Å². The van der Waals surface area contributed by atoms with Gasteiger partial charge in [-0.3, -0.25) is 0 Å². The van der Waals surface area contributed by atoms with Crippen molar-refractivity contribution >= 4 is 17.0 Å². The molecular weight excluding hydrogens is 252 g/mol. The van der Waals surface area contributed by atoms with Gasteiger partial charge in [-0.05, 0) is 51.0 Å². The molecule has 1 aromatic carbocycles. The maximum absolute atomic E-state index is 9.25. The summed E-state index contributed by atoms with van der Waals surface area (Å²) in [4.78, 5) is 2.66. The number of hydrogen-bond donors (Lipinski definition) is 1. The third-order valence-corrected chi connectivity index (χ3v) is 4.28. The topological polar surface area (TPSA) is 35.8 Å². The van der Waals surface area contributed by atoms with Crippen LogP contribution >= 0.6 is 11.3 Å². The van der Waals surface area contributed by atoms with E-state index in [1.54, 1.807) is 0 Å². The minimum atomic E-state index is 0.207. The summed E-state index contributed by atoms with van der Waals surface area (Å²) in [5.74, 6) is 0. The number of rotatable bonds is 3. The van der Waals surface area contributed by atoms with Crippen molar-refractivity contribution in [2.75, 3.05) is 5.32 Å². The van der Waals surface area contributed by atoms with Crippen molar-refractivity contribution in [1.29, 1.82) is 5.26 Å². The van der Waals surface area contributed by atoms with Gasteiger partial charge in [0.1, 0.15) is 6.07 Å². The molecule has 0 fully saturated rings. The van der Waals surface area contributed by atoms with Crippen molar-refractivity contribution < 1.29 is 0 Å². The Labute approximate surface area is 118 Å². The van der Waals surface area contributed by atoms with Crippen LogP contribution in [0.15, 0.2) is 24.3 Å². The molecule has 0 aliphatic carbocycles. The van der Waals surface area contributed by atoms with Gasteiger partial charge in [-0.25, -0.2) is 0 Å². The summed E-state index contributed by atoms with van der Waals surface area (Å²) in [6, 6.07) is 10.6. The highest BCUT2D eigenvalue weighted by Gasteiger charge is 2.13. The molecule has 0 aliphatic rings. The first-order chi connectivity index (χ1) is 9.02. The minimum Gasteiger partial charge on any atom is -0.377 e. The fourth-order valence-corrected chi connectivity index (χ4v) is 3.35. The molecule has 0 saturated heterocycles. The first kappa shape index (κ1) is 13.6. The van der Waals surface area contributed by atoms with Gasteiger partial charge in [-0.2, -0.15) is 5.26 Å². The van der Waals surface area contributed by atoms with E-state index in [1.807, 2.05) is 36.5 Å². The van der Waals surface area contributed by atoms with Gasteiger partial charge in [-0.1, -0.05) is 12.1 Å². The van der Waals surface area contributed by atoms with Crippen LogP contribution in [0.5, 0.6) is 0 Å². The maximum Gasteiger partial charge on any atom is 0.102 e. The van der Waals surface area contributed by atoms with Crippen LogP contribution in [-0.4, -0.2) is 0 Å². The second-order valence-corrected chi connectivity index (χ2v) is 6.30. The van der Waals surface area contributed by atoms with Gasteiger partial charge in [0.2, 0.25) is 0 Å². The Hall–Kier alpha value is -1.79. The number of hydrogen-bond acceptors (Lipinski definition) is 3. The zero-order valence-electron chi connectivity index (χ0n) is 11.7. The molecule has 1 aromatic heterocycles. The van der Waals surface area contributed by atoms with E-state index in [2.05, 4.69) is 38.2 Å². The summed E-state index contributed by atoms with van der Waals surface area (Å²) in [6.07, 6.45) is 0. The van der Waals surface area contributed by atoms with Crippen LogP contribution in [0.25, 0.3) is 0 Å². The molecule has 2 nitrogen and oxygen atoms in total. The molecule has 2 aromatic rings. The molecule has 2 rings (SSSR count). The van der Waals surface area contributed by atoms with E-state index in [0.29, 0.717) is 0 Å². The van der Waals surface area contributed by atoms with Crippen LogP contribution in [-0.2, 0) is 0 Å². The summed E-state index contributed by atoms with van der Waals surface area (Å²) < 4.78 is 0. The van der Waals surface area contributed by atoms with E-state index in [1.165, 1.54) is 15.3 Å². The molecule has 0 aliphatic heterocycles. The minimum absolute atomic E-state index is 0.207. The molecule has 98 valence electrons. The molecule has 1 heterocycles. The van der Waals surface area contributed by atoms with Crippen LogP contribution in [0.1, 0.15) is 39.4 Å². The largest absolute Gasteiger partial charge is 0.377 e. The number of benzene rings is 1. The van der Waals surface area contributed by atoms with Crippen LogP contribution < -0.4 is 5.32 Å². The monoisotopic (exact) mass is 270 g/mol. The molecule has 0 amide bonds. The van der Waals surface area contributed by atoms with Gasteiger partial charge in [-0.15, -0.1) is 11.3 Å². The number of aryl methyl sites for hydroxylation is 3. The summed E-state index contributed by atoms with van der Waals surface area (Å²) in [6.45, 7) is 8.38. The van der Waals surface area contributed by atoms with Crippen LogP contribution in [0, 0.1) is 32.1 Å². The number of nitrogens with zero attached hydrogens (tertiary/aromatic N) is 1. The summed E-state index contributed by atoms with van der Waals surface area (Å²) in [5, 5.41) is 12.7. The summed E-state index contributed by atoms with van der Waals surface area (Å²) in [5.41, 5.74) is 3.98. The van der Waals surface area contributed by atoms with E-state index in [4.69, 9.17) is 0 Å². The van der Waals surface area contributed by atoms with Crippen molar-refractivity contribution in [3.05, 3.63) is 50.7 Å². The quantitative estimate of drug-likeness (QED) is 0.876. The van der Waals surface area contributed by atoms with Gasteiger partial charge in [0.15, 0.2) is 0 Å². The average Bonchev–Trinajstić information content (AvgIpc) is 2.69. The van der Waals surface area contributed by atoms with Gasteiger partial charge < -0.3 is 5.32 Å². The molecule has 0 spiro atoms. The van der Waals surface area contributed by atoms with E-state index >= 15 is 0 Å². The summed E-state index contributed by atoms with van der Waals surface area (Å²) in [7, 11) is 0. The first-order valence-electron chi connectivity index (χ1n) is 6.36. The SMILES string of the molecule is Cc1cc(C(C)Nc2cccc(C)c2C#N)c(C)s1. The van der Waals surface area contributed by atoms with Crippen molar-refractivity contribution in [3.63, 3.8) is 0 Å². The predicted molar refractivity (Wildman–Crippen MR) is 81.7 cm³/mol. The normalized spacial score (nSPS) is 11.9. The Bertz CT molecular complexity index is 635. The van der Waals surface area contributed by atoms with Crippen molar-refractivity contribution in [2.24, 2.45) is 0 Å². The van der Waals surface area contributed by atoms with Gasteiger partial charge in [0.25, 0.3) is 0 Å². The molecule has 1 N–H and O–H groups in total. The molecule has 19 heavy (non-hydrogen) atoms. The number of thiophene rings is 1. The Morgan fingerprint density at radius 1 is 1.26 bits per heavy atom. The van der Waals surface area contributed by atoms with Gasteiger partial charge >= 0.3 is 0 Å². The average molecular weight is 270 g/mol. The Morgan fingerprint density at radius 2 is 2.00 bits per heavy atom. The van der Waals surface area contributed by atoms with Crippen molar-refractivity contribution in [1.82, 2.24) is 0 Å². The standard InChI is InChI=1S/C16H18N2S/c1-10-6-5-7-16(15(10)9-17)18-12(3)14-8-11(2)19-13(14)4/h5-8,12,18H,1-4H3. The second-order valence-electron chi connectivity index (χ2n) is 4.84. The lowest BCUT2D eigenvalue weighted by Gasteiger charge is -2.17. The molecule has 1 atom stereocenters. The third-order valence-electron chi connectivity index (χ3n) is 3.30. The fourth-order valence-electron chi connectivity index (χ4n) is 2.33. The first-order valence-corrected chi connectivity index (χ1v) is 7.17. The lowest BCUT2D eigenvalue weighted by molar-refractivity contribution is 0.880. The maximum atomic E-state index is 9.25. The van der Waals surface area contributed by atoms with E-state index < -0.39 is 0 Å². The van der Waals surface area contributed by atoms with Crippen LogP contribution in [0.2, 0.25) is 0 Å². The fraction of sp³-hybridized carbons (Fsp3) is 0.312. The third kappa shape index (κ3) is 2.80. The Balaban J connectivity index is 2.30. The highest BCUT2D eigenvalue weighted by Crippen LogP contribution is 2.30. The summed E-state index contributed by atoms with van der Waals surface area (Å²) >= 11 is 1.82. The highest BCUT2D eigenvalue weighted by molar-refractivity contribution is 7.12. The second kappa shape index (κ2) is 5.46. The molecule has 0 radical (unpaired) electrons. The van der Waals surface area contributed by atoms with Crippen molar-refractivity contribution in [3.8, 4) is 6.07 Å². The van der Waals surface area contributed by atoms with Gasteiger partial charge in [0.05, 0.1) is 11.3 Å². The zero-order valence-corrected chi connectivity index (χ0v) is 12.6. The number of anilines is 1. The lowest BCUT2D eigenvalue weighted by atomic mass is 10.1. The van der Waals surface area contributed by atoms with E-state index in [-0.39, 0.29) is 6.04 Å². The predicted octanol–water partition coefficient (Wildman–Crippen LogP) is 4.72.